The van der Waals surface area contributed by atoms with Gasteiger partial charge < -0.3 is 4.90 Å². The zero-order chi connectivity index (χ0) is 24.5. The minimum atomic E-state index is -0.167. The molecule has 9 heteroatoms. The molecule has 0 aliphatic carbocycles. The van der Waals surface area contributed by atoms with Gasteiger partial charge in [0.15, 0.2) is 5.82 Å². The van der Waals surface area contributed by atoms with E-state index in [0.717, 1.165) is 58.9 Å². The summed E-state index contributed by atoms with van der Waals surface area (Å²) >= 11 is 6.22. The predicted molar refractivity (Wildman–Crippen MR) is 139 cm³/mol. The standard InChI is InChI=1S/C25H40ClN7O/c1-5-30(6-2)11-12-31-13-15-32(16-14-31)19-21-7-9-22(10-8-21)25(34)29-33(18-20(3)4)24-23(26)17-27-28-24/h7-10,17,20H,5-6,11-16,18-19H2,1-4H3,(H,27,28)(H,29,34). The fraction of sp³-hybridized carbons (Fsp3) is 0.600. The lowest BCUT2D eigenvalue weighted by Crippen LogP contribution is -2.48. The molecule has 1 saturated heterocycles. The SMILES string of the molecule is CCN(CC)CCN1CCN(Cc2ccc(C(=O)NN(CC(C)C)c3[nH]ncc3Cl)cc2)CC1. The van der Waals surface area contributed by atoms with Crippen molar-refractivity contribution in [2.45, 2.75) is 34.2 Å². The third-order valence-electron chi connectivity index (χ3n) is 6.34. The summed E-state index contributed by atoms with van der Waals surface area (Å²) in [5, 5.41) is 9.04. The van der Waals surface area contributed by atoms with Crippen molar-refractivity contribution in [1.82, 2.24) is 30.3 Å². The molecule has 1 aliphatic rings. The van der Waals surface area contributed by atoms with E-state index < -0.39 is 0 Å². The van der Waals surface area contributed by atoms with Crippen LogP contribution in [0.4, 0.5) is 5.82 Å². The number of anilines is 1. The topological polar surface area (TPSA) is 70.7 Å². The summed E-state index contributed by atoms with van der Waals surface area (Å²) in [6, 6.07) is 7.90. The smallest absolute Gasteiger partial charge is 0.269 e. The Bertz CT molecular complexity index is 874. The van der Waals surface area contributed by atoms with Crippen LogP contribution in [0.25, 0.3) is 0 Å². The first-order valence-electron chi connectivity index (χ1n) is 12.4. The van der Waals surface area contributed by atoms with Crippen molar-refractivity contribution in [1.29, 1.82) is 0 Å². The zero-order valence-electron chi connectivity index (χ0n) is 21.1. The van der Waals surface area contributed by atoms with Crippen LogP contribution < -0.4 is 10.4 Å². The van der Waals surface area contributed by atoms with Gasteiger partial charge in [-0.25, -0.2) is 0 Å². The molecule has 34 heavy (non-hydrogen) atoms. The maximum Gasteiger partial charge on any atom is 0.269 e. The maximum absolute atomic E-state index is 12.9. The van der Waals surface area contributed by atoms with Gasteiger partial charge in [0.2, 0.25) is 0 Å². The van der Waals surface area contributed by atoms with Crippen molar-refractivity contribution in [3.05, 3.63) is 46.6 Å². The fourth-order valence-electron chi connectivity index (χ4n) is 4.21. The lowest BCUT2D eigenvalue weighted by Gasteiger charge is -2.35. The molecule has 0 bridgehead atoms. The summed E-state index contributed by atoms with van der Waals surface area (Å²) in [6.07, 6.45) is 1.54. The number of aromatic nitrogens is 2. The van der Waals surface area contributed by atoms with Gasteiger partial charge in [0.1, 0.15) is 5.02 Å². The van der Waals surface area contributed by atoms with Crippen molar-refractivity contribution in [2.24, 2.45) is 5.92 Å². The number of hydrazine groups is 1. The predicted octanol–water partition coefficient (Wildman–Crippen LogP) is 3.33. The molecule has 1 fully saturated rings. The van der Waals surface area contributed by atoms with Gasteiger partial charge in [0.05, 0.1) is 6.20 Å². The van der Waals surface area contributed by atoms with Crippen LogP contribution in [-0.4, -0.2) is 89.7 Å². The molecular weight excluding hydrogens is 450 g/mol. The third-order valence-corrected chi connectivity index (χ3v) is 6.62. The summed E-state index contributed by atoms with van der Waals surface area (Å²) in [7, 11) is 0. The van der Waals surface area contributed by atoms with E-state index in [1.807, 2.05) is 12.1 Å². The van der Waals surface area contributed by atoms with Crippen molar-refractivity contribution in [3.63, 3.8) is 0 Å². The van der Waals surface area contributed by atoms with Crippen LogP contribution in [0.5, 0.6) is 0 Å². The number of rotatable bonds is 12. The van der Waals surface area contributed by atoms with E-state index in [9.17, 15) is 4.79 Å². The van der Waals surface area contributed by atoms with E-state index in [1.165, 1.54) is 11.8 Å². The lowest BCUT2D eigenvalue weighted by atomic mass is 10.1. The Morgan fingerprint density at radius 3 is 2.32 bits per heavy atom. The monoisotopic (exact) mass is 489 g/mol. The zero-order valence-corrected chi connectivity index (χ0v) is 21.8. The number of carbonyl (C=O) groups excluding carboxylic acids is 1. The molecule has 0 unspecified atom stereocenters. The minimum absolute atomic E-state index is 0.167. The number of halogens is 1. The van der Waals surface area contributed by atoms with Crippen molar-refractivity contribution in [2.75, 3.05) is 63.9 Å². The van der Waals surface area contributed by atoms with Crippen molar-refractivity contribution < 1.29 is 4.79 Å². The Kier molecular flexibility index (Phi) is 10.2. The van der Waals surface area contributed by atoms with Gasteiger partial charge in [-0.1, -0.05) is 51.4 Å². The average molecular weight is 490 g/mol. The van der Waals surface area contributed by atoms with Crippen LogP contribution in [0.1, 0.15) is 43.6 Å². The number of nitrogens with one attached hydrogen (secondary N) is 2. The number of hydrogen-bond donors (Lipinski definition) is 2. The second-order valence-electron chi connectivity index (χ2n) is 9.35. The van der Waals surface area contributed by atoms with E-state index in [0.29, 0.717) is 28.9 Å². The van der Waals surface area contributed by atoms with Crippen LogP contribution in [0, 0.1) is 5.92 Å². The Morgan fingerprint density at radius 2 is 1.76 bits per heavy atom. The molecule has 3 rings (SSSR count). The Labute approximate surface area is 209 Å². The first-order valence-corrected chi connectivity index (χ1v) is 12.8. The Hall–Kier alpha value is -2.13. The first-order chi connectivity index (χ1) is 16.4. The molecule has 1 amide bonds. The number of nitrogens with zero attached hydrogens (tertiary/aromatic N) is 5. The van der Waals surface area contributed by atoms with Gasteiger partial charge >= 0.3 is 0 Å². The summed E-state index contributed by atoms with van der Waals surface area (Å²) < 4.78 is 0. The van der Waals surface area contributed by atoms with Gasteiger partial charge in [-0.05, 0) is 36.7 Å². The molecule has 1 aromatic heterocycles. The first kappa shape index (κ1) is 26.5. The molecule has 2 aromatic rings. The second-order valence-corrected chi connectivity index (χ2v) is 9.76. The fourth-order valence-corrected chi connectivity index (χ4v) is 4.41. The van der Waals surface area contributed by atoms with Crippen LogP contribution >= 0.6 is 11.6 Å². The van der Waals surface area contributed by atoms with Crippen LogP contribution in [0.3, 0.4) is 0 Å². The highest BCUT2D eigenvalue weighted by atomic mass is 35.5. The van der Waals surface area contributed by atoms with Gasteiger partial charge in [0, 0.05) is 57.9 Å². The van der Waals surface area contributed by atoms with E-state index in [1.54, 1.807) is 5.01 Å². The highest BCUT2D eigenvalue weighted by Crippen LogP contribution is 2.22. The van der Waals surface area contributed by atoms with E-state index in [4.69, 9.17) is 11.6 Å². The summed E-state index contributed by atoms with van der Waals surface area (Å²) in [6.45, 7) is 19.1. The molecule has 0 atom stereocenters. The summed E-state index contributed by atoms with van der Waals surface area (Å²) in [5.41, 5.74) is 4.81. The van der Waals surface area contributed by atoms with Gasteiger partial charge in [-0.3, -0.25) is 30.1 Å². The number of piperazine rings is 1. The second kappa shape index (κ2) is 13.1. The average Bonchev–Trinajstić information content (AvgIpc) is 3.26. The third kappa shape index (κ3) is 7.70. The number of benzene rings is 1. The molecule has 188 valence electrons. The molecular formula is C25H40ClN7O. The van der Waals surface area contributed by atoms with Crippen molar-refractivity contribution in [3.8, 4) is 0 Å². The lowest BCUT2D eigenvalue weighted by molar-refractivity contribution is 0.0947. The largest absolute Gasteiger partial charge is 0.303 e. The van der Waals surface area contributed by atoms with E-state index >= 15 is 0 Å². The molecule has 2 heterocycles. The molecule has 0 saturated carbocycles. The van der Waals surface area contributed by atoms with E-state index in [-0.39, 0.29) is 5.91 Å². The summed E-state index contributed by atoms with van der Waals surface area (Å²) in [4.78, 5) is 20.4. The Morgan fingerprint density at radius 1 is 1.12 bits per heavy atom. The number of hydrogen-bond acceptors (Lipinski definition) is 6. The minimum Gasteiger partial charge on any atom is -0.303 e. The van der Waals surface area contributed by atoms with Crippen molar-refractivity contribution >= 4 is 23.3 Å². The van der Waals surface area contributed by atoms with Gasteiger partial charge in [-0.2, -0.15) is 5.10 Å². The number of likely N-dealkylation sites (N-methyl/N-ethyl adjacent to an activating group) is 1. The van der Waals surface area contributed by atoms with Crippen LogP contribution in [0.15, 0.2) is 30.5 Å². The molecule has 1 aromatic carbocycles. The molecule has 0 spiro atoms. The highest BCUT2D eigenvalue weighted by Gasteiger charge is 2.19. The molecule has 8 nitrogen and oxygen atoms in total. The summed E-state index contributed by atoms with van der Waals surface area (Å²) in [5.74, 6) is 0.760. The Balaban J connectivity index is 1.49. The van der Waals surface area contributed by atoms with Gasteiger partial charge in [0.25, 0.3) is 5.91 Å². The van der Waals surface area contributed by atoms with Crippen LogP contribution in [-0.2, 0) is 6.54 Å². The van der Waals surface area contributed by atoms with E-state index in [2.05, 4.69) is 70.2 Å². The number of carbonyl (C=O) groups is 1. The highest BCUT2D eigenvalue weighted by molar-refractivity contribution is 6.32. The number of H-pyrrole nitrogens is 1. The number of aromatic amines is 1. The van der Waals surface area contributed by atoms with Gasteiger partial charge in [-0.15, -0.1) is 0 Å². The normalized spacial score (nSPS) is 15.3. The molecule has 0 radical (unpaired) electrons. The van der Waals surface area contributed by atoms with Crippen LogP contribution in [0.2, 0.25) is 5.02 Å². The quantitative estimate of drug-likeness (QED) is 0.446. The molecule has 1 aliphatic heterocycles. The maximum atomic E-state index is 12.9. The molecule has 2 N–H and O–H groups in total. The number of amides is 1.